The number of amides is 1. The molecule has 2 heterocycles. The summed E-state index contributed by atoms with van der Waals surface area (Å²) in [6, 6.07) is 12.9. The molecule has 38 heavy (non-hydrogen) atoms. The molecule has 1 fully saturated rings. The van der Waals surface area contributed by atoms with Gasteiger partial charge in [0.1, 0.15) is 17.8 Å². The van der Waals surface area contributed by atoms with Crippen molar-refractivity contribution in [2.45, 2.75) is 25.2 Å². The number of carbonyl (C=O) groups is 1. The van der Waals surface area contributed by atoms with Gasteiger partial charge in [0.15, 0.2) is 0 Å². The maximum absolute atomic E-state index is 12.9. The fourth-order valence-corrected chi connectivity index (χ4v) is 4.75. The molecule has 13 heteroatoms. The Kier molecular flexibility index (Phi) is 7.55. The van der Waals surface area contributed by atoms with Crippen LogP contribution in [-0.2, 0) is 37.8 Å². The minimum absolute atomic E-state index is 0.0800. The Bertz CT molecular complexity index is 1420. The zero-order valence-electron chi connectivity index (χ0n) is 20.9. The predicted octanol–water partition coefficient (Wildman–Crippen LogP) is 3.61. The summed E-state index contributed by atoms with van der Waals surface area (Å²) in [4.78, 5) is 13.8. The van der Waals surface area contributed by atoms with E-state index in [0.717, 1.165) is 12.1 Å². The maximum atomic E-state index is 12.9. The summed E-state index contributed by atoms with van der Waals surface area (Å²) >= 11 is 0. The van der Waals surface area contributed by atoms with Gasteiger partial charge in [0.25, 0.3) is 0 Å². The number of hydrogen-bond acceptors (Lipinski definition) is 6. The standard InChI is InChI=1S/C25H27F3N4O5S/c1-4-38(34,35)30-24(15-36-16-24)19-7-5-6-17(12-19)21-13-23(32(29-21)14-22(33)31(2)3)37-20-10-8-18(9-11-20)25(26,27)28/h5-13,30H,4,14-16H2,1-3H3. The smallest absolute Gasteiger partial charge is 0.416 e. The van der Waals surface area contributed by atoms with E-state index in [4.69, 9.17) is 9.47 Å². The summed E-state index contributed by atoms with van der Waals surface area (Å²) in [5.74, 6) is -0.0705. The van der Waals surface area contributed by atoms with Crippen LogP contribution in [0, 0.1) is 0 Å². The van der Waals surface area contributed by atoms with Crippen molar-refractivity contribution in [3.05, 3.63) is 65.7 Å². The van der Waals surface area contributed by atoms with Gasteiger partial charge in [-0.05, 0) is 42.8 Å². The lowest BCUT2D eigenvalue weighted by Gasteiger charge is -2.42. The Morgan fingerprint density at radius 3 is 2.39 bits per heavy atom. The fourth-order valence-electron chi connectivity index (χ4n) is 3.78. The van der Waals surface area contributed by atoms with Crippen molar-refractivity contribution in [2.75, 3.05) is 33.1 Å². The monoisotopic (exact) mass is 552 g/mol. The number of halogens is 3. The van der Waals surface area contributed by atoms with Gasteiger partial charge < -0.3 is 14.4 Å². The average molecular weight is 553 g/mol. The molecule has 0 atom stereocenters. The topological polar surface area (TPSA) is 103 Å². The van der Waals surface area contributed by atoms with Crippen molar-refractivity contribution in [1.82, 2.24) is 19.4 Å². The van der Waals surface area contributed by atoms with Crippen LogP contribution >= 0.6 is 0 Å². The molecule has 0 unspecified atom stereocenters. The molecule has 0 bridgehead atoms. The highest BCUT2D eigenvalue weighted by Crippen LogP contribution is 2.35. The molecule has 1 aromatic heterocycles. The van der Waals surface area contributed by atoms with Crippen LogP contribution < -0.4 is 9.46 Å². The number of sulfonamides is 1. The van der Waals surface area contributed by atoms with Crippen LogP contribution in [0.5, 0.6) is 11.6 Å². The van der Waals surface area contributed by atoms with Crippen LogP contribution in [0.25, 0.3) is 11.3 Å². The van der Waals surface area contributed by atoms with Gasteiger partial charge in [0.2, 0.25) is 21.8 Å². The van der Waals surface area contributed by atoms with E-state index in [1.54, 1.807) is 51.4 Å². The second-order valence-corrected chi connectivity index (χ2v) is 11.1. The van der Waals surface area contributed by atoms with E-state index in [9.17, 15) is 26.4 Å². The van der Waals surface area contributed by atoms with Crippen molar-refractivity contribution in [2.24, 2.45) is 0 Å². The quantitative estimate of drug-likeness (QED) is 0.435. The number of carbonyl (C=O) groups excluding carboxylic acids is 1. The molecule has 4 rings (SSSR count). The highest BCUT2D eigenvalue weighted by molar-refractivity contribution is 7.89. The Morgan fingerprint density at radius 1 is 1.16 bits per heavy atom. The molecule has 2 aromatic carbocycles. The first kappa shape index (κ1) is 27.6. The lowest BCUT2D eigenvalue weighted by molar-refractivity contribution is -0.137. The maximum Gasteiger partial charge on any atom is 0.416 e. The van der Waals surface area contributed by atoms with E-state index in [1.165, 1.54) is 21.7 Å². The molecule has 0 saturated carbocycles. The molecular formula is C25H27F3N4O5S. The third-order valence-corrected chi connectivity index (χ3v) is 7.53. The van der Waals surface area contributed by atoms with E-state index >= 15 is 0 Å². The van der Waals surface area contributed by atoms with Crippen molar-refractivity contribution in [1.29, 1.82) is 0 Å². The van der Waals surface area contributed by atoms with Crippen LogP contribution in [0.4, 0.5) is 13.2 Å². The molecule has 0 radical (unpaired) electrons. The number of ether oxygens (including phenoxy) is 2. The summed E-state index contributed by atoms with van der Waals surface area (Å²) in [5, 5.41) is 4.51. The average Bonchev–Trinajstić information content (AvgIpc) is 3.23. The van der Waals surface area contributed by atoms with Gasteiger partial charge in [-0.2, -0.15) is 23.0 Å². The molecule has 9 nitrogen and oxygen atoms in total. The number of alkyl halides is 3. The highest BCUT2D eigenvalue weighted by atomic mass is 32.2. The molecule has 0 spiro atoms. The van der Waals surface area contributed by atoms with Crippen molar-refractivity contribution < 1.29 is 35.9 Å². The fraction of sp³-hybridized carbons (Fsp3) is 0.360. The van der Waals surface area contributed by atoms with Crippen LogP contribution in [0.15, 0.2) is 54.6 Å². The van der Waals surface area contributed by atoms with Crippen LogP contribution in [0.2, 0.25) is 0 Å². The van der Waals surface area contributed by atoms with Crippen molar-refractivity contribution in [3.63, 3.8) is 0 Å². The Morgan fingerprint density at radius 2 is 1.84 bits per heavy atom. The van der Waals surface area contributed by atoms with Gasteiger partial charge >= 0.3 is 6.18 Å². The molecule has 3 aromatic rings. The number of hydrogen-bond donors (Lipinski definition) is 1. The minimum atomic E-state index is -4.48. The first-order valence-electron chi connectivity index (χ1n) is 11.7. The summed E-state index contributed by atoms with van der Waals surface area (Å²) in [6.07, 6.45) is -4.48. The minimum Gasteiger partial charge on any atom is -0.439 e. The Labute approximate surface area is 218 Å². The molecule has 0 aliphatic carbocycles. The third kappa shape index (κ3) is 6.00. The zero-order chi connectivity index (χ0) is 27.7. The summed E-state index contributed by atoms with van der Waals surface area (Å²) in [7, 11) is -0.342. The summed E-state index contributed by atoms with van der Waals surface area (Å²) in [6.45, 7) is 1.72. The van der Waals surface area contributed by atoms with Gasteiger partial charge in [0.05, 0.1) is 30.2 Å². The number of rotatable bonds is 9. The van der Waals surface area contributed by atoms with E-state index in [1.807, 2.05) is 0 Å². The Balaban J connectivity index is 1.68. The van der Waals surface area contributed by atoms with Crippen molar-refractivity contribution >= 4 is 15.9 Å². The Hall–Kier alpha value is -3.42. The molecule has 1 saturated heterocycles. The number of nitrogens with zero attached hydrogens (tertiary/aromatic N) is 3. The zero-order valence-corrected chi connectivity index (χ0v) is 21.8. The summed E-state index contributed by atoms with van der Waals surface area (Å²) < 4.78 is 78.6. The first-order chi connectivity index (χ1) is 17.8. The molecule has 1 N–H and O–H groups in total. The molecule has 204 valence electrons. The second-order valence-electron chi connectivity index (χ2n) is 9.10. The molecule has 1 amide bonds. The lowest BCUT2D eigenvalue weighted by atomic mass is 9.88. The van der Waals surface area contributed by atoms with Crippen LogP contribution in [0.3, 0.4) is 0 Å². The largest absolute Gasteiger partial charge is 0.439 e. The number of likely N-dealkylation sites (N-methyl/N-ethyl adjacent to an activating group) is 1. The van der Waals surface area contributed by atoms with E-state index < -0.39 is 27.3 Å². The van der Waals surface area contributed by atoms with Gasteiger partial charge in [-0.1, -0.05) is 18.2 Å². The first-order valence-corrected chi connectivity index (χ1v) is 13.3. The number of benzene rings is 2. The van der Waals surface area contributed by atoms with Gasteiger partial charge in [-0.3, -0.25) is 4.79 Å². The normalized spacial score (nSPS) is 15.1. The van der Waals surface area contributed by atoms with Gasteiger partial charge in [0, 0.05) is 25.7 Å². The number of nitrogens with one attached hydrogen (secondary N) is 1. The third-order valence-electron chi connectivity index (χ3n) is 6.07. The molecular weight excluding hydrogens is 525 g/mol. The highest BCUT2D eigenvalue weighted by Gasteiger charge is 2.43. The molecule has 1 aliphatic heterocycles. The lowest BCUT2D eigenvalue weighted by Crippen LogP contribution is -2.59. The van der Waals surface area contributed by atoms with Gasteiger partial charge in [-0.15, -0.1) is 0 Å². The van der Waals surface area contributed by atoms with Crippen molar-refractivity contribution in [3.8, 4) is 22.9 Å². The SMILES string of the molecule is CCS(=O)(=O)NC1(c2cccc(-c3cc(Oc4ccc(C(F)(F)F)cc4)n(CC(=O)N(C)C)n3)c2)COC1. The summed E-state index contributed by atoms with van der Waals surface area (Å²) in [5.41, 5.74) is 0.00827. The van der Waals surface area contributed by atoms with E-state index in [-0.39, 0.29) is 43.0 Å². The predicted molar refractivity (Wildman–Crippen MR) is 133 cm³/mol. The van der Waals surface area contributed by atoms with Crippen LogP contribution in [0.1, 0.15) is 18.1 Å². The van der Waals surface area contributed by atoms with Crippen LogP contribution in [-0.4, -0.2) is 62.1 Å². The molecule has 1 aliphatic rings. The van der Waals surface area contributed by atoms with E-state index in [2.05, 4.69) is 9.82 Å². The number of aromatic nitrogens is 2. The second kappa shape index (κ2) is 10.4. The van der Waals surface area contributed by atoms with Gasteiger partial charge in [-0.25, -0.2) is 13.1 Å². The van der Waals surface area contributed by atoms with E-state index in [0.29, 0.717) is 16.8 Å².